The molecule has 1 fully saturated rings. The molecule has 1 aliphatic rings. The molecule has 164 valence electrons. The van der Waals surface area contributed by atoms with E-state index in [1.807, 2.05) is 36.2 Å². The van der Waals surface area contributed by atoms with Crippen LogP contribution >= 0.6 is 11.8 Å². The van der Waals surface area contributed by atoms with Crippen LogP contribution in [0.15, 0.2) is 48.7 Å². The number of H-pyrrole nitrogens is 1. The second-order valence-corrected chi connectivity index (χ2v) is 9.45. The second kappa shape index (κ2) is 9.16. The molecule has 1 saturated heterocycles. The van der Waals surface area contributed by atoms with E-state index in [-0.39, 0.29) is 0 Å². The molecular weight excluding hydrogens is 418 g/mol. The summed E-state index contributed by atoms with van der Waals surface area (Å²) in [6.45, 7) is 6.91. The van der Waals surface area contributed by atoms with Gasteiger partial charge < -0.3 is 10.2 Å². The Bertz CT molecular complexity index is 1180. The molecule has 3 aromatic heterocycles. The van der Waals surface area contributed by atoms with Crippen molar-refractivity contribution in [3.63, 3.8) is 0 Å². The predicted molar refractivity (Wildman–Crippen MR) is 132 cm³/mol. The molecule has 0 atom stereocenters. The van der Waals surface area contributed by atoms with Gasteiger partial charge in [-0.25, -0.2) is 4.98 Å². The Hall–Kier alpha value is -3.13. The summed E-state index contributed by atoms with van der Waals surface area (Å²) in [6, 6.07) is 14.4. The van der Waals surface area contributed by atoms with Crippen LogP contribution in [0.1, 0.15) is 31.0 Å². The van der Waals surface area contributed by atoms with Crippen molar-refractivity contribution in [3.05, 3.63) is 59.9 Å². The standard InChI is InChI=1S/C24H27N7S/c1-16(2)20-21-22(30-29-20)23(28-24(27-21)31-11-13-32-14-12-31)26-15-17-6-8-18(9-7-17)19-5-3-4-10-25-19/h3-10,16H,11-15H2,1-2H3,(H,29,30)(H,26,27,28). The van der Waals surface area contributed by atoms with E-state index < -0.39 is 0 Å². The topological polar surface area (TPSA) is 82.6 Å². The van der Waals surface area contributed by atoms with Gasteiger partial charge in [-0.05, 0) is 23.6 Å². The lowest BCUT2D eigenvalue weighted by Crippen LogP contribution is -2.34. The summed E-state index contributed by atoms with van der Waals surface area (Å²) < 4.78 is 0. The molecule has 5 rings (SSSR count). The number of aromatic nitrogens is 5. The molecule has 0 unspecified atom stereocenters. The van der Waals surface area contributed by atoms with Crippen molar-refractivity contribution >= 4 is 34.6 Å². The zero-order valence-electron chi connectivity index (χ0n) is 18.4. The molecule has 0 bridgehead atoms. The molecule has 0 radical (unpaired) electrons. The van der Waals surface area contributed by atoms with Gasteiger partial charge in [0.25, 0.3) is 0 Å². The quantitative estimate of drug-likeness (QED) is 0.445. The number of anilines is 2. The predicted octanol–water partition coefficient (Wildman–Crippen LogP) is 4.70. The first kappa shape index (κ1) is 20.8. The van der Waals surface area contributed by atoms with Crippen LogP contribution in [-0.2, 0) is 6.54 Å². The number of pyridine rings is 1. The largest absolute Gasteiger partial charge is 0.364 e. The van der Waals surface area contributed by atoms with Crippen LogP contribution in [0.5, 0.6) is 0 Å². The summed E-state index contributed by atoms with van der Waals surface area (Å²) in [6.07, 6.45) is 1.82. The highest BCUT2D eigenvalue weighted by Gasteiger charge is 2.20. The Morgan fingerprint density at radius 2 is 1.84 bits per heavy atom. The molecule has 0 saturated carbocycles. The molecular formula is C24H27N7S. The first-order chi connectivity index (χ1) is 15.7. The smallest absolute Gasteiger partial charge is 0.228 e. The van der Waals surface area contributed by atoms with Crippen LogP contribution in [0, 0.1) is 0 Å². The van der Waals surface area contributed by atoms with E-state index in [0.717, 1.165) is 64.3 Å². The lowest BCUT2D eigenvalue weighted by atomic mass is 10.1. The number of benzene rings is 1. The minimum atomic E-state index is 0.312. The zero-order valence-corrected chi connectivity index (χ0v) is 19.2. The summed E-state index contributed by atoms with van der Waals surface area (Å²) in [5.74, 6) is 4.09. The fourth-order valence-electron chi connectivity index (χ4n) is 3.85. The normalized spacial score (nSPS) is 14.3. The Morgan fingerprint density at radius 3 is 2.56 bits per heavy atom. The van der Waals surface area contributed by atoms with Crippen LogP contribution in [0.4, 0.5) is 11.8 Å². The maximum Gasteiger partial charge on any atom is 0.228 e. The van der Waals surface area contributed by atoms with Crippen LogP contribution in [0.2, 0.25) is 0 Å². The highest BCUT2D eigenvalue weighted by molar-refractivity contribution is 7.99. The van der Waals surface area contributed by atoms with Gasteiger partial charge in [-0.15, -0.1) is 0 Å². The number of nitrogens with zero attached hydrogens (tertiary/aromatic N) is 5. The molecule has 7 nitrogen and oxygen atoms in total. The van der Waals surface area contributed by atoms with Crippen molar-refractivity contribution in [2.75, 3.05) is 34.8 Å². The SMILES string of the molecule is CC(C)c1[nH]nc2c(NCc3ccc(-c4ccccn4)cc3)nc(N3CCSCC3)nc12. The van der Waals surface area contributed by atoms with Gasteiger partial charge in [-0.3, -0.25) is 10.1 Å². The number of hydrogen-bond acceptors (Lipinski definition) is 7. The van der Waals surface area contributed by atoms with Crippen molar-refractivity contribution in [2.24, 2.45) is 0 Å². The highest BCUT2D eigenvalue weighted by Crippen LogP contribution is 2.29. The minimum Gasteiger partial charge on any atom is -0.364 e. The van der Waals surface area contributed by atoms with Crippen LogP contribution < -0.4 is 10.2 Å². The maximum absolute atomic E-state index is 4.91. The average molecular weight is 446 g/mol. The van der Waals surface area contributed by atoms with Gasteiger partial charge in [-0.1, -0.05) is 44.2 Å². The van der Waals surface area contributed by atoms with Crippen LogP contribution in [-0.4, -0.2) is 49.7 Å². The first-order valence-corrected chi connectivity index (χ1v) is 12.2. The van der Waals surface area contributed by atoms with Crippen molar-refractivity contribution in [1.82, 2.24) is 25.1 Å². The Morgan fingerprint density at radius 1 is 1.03 bits per heavy atom. The molecule has 1 aliphatic heterocycles. The molecule has 1 aromatic carbocycles. The van der Waals surface area contributed by atoms with E-state index in [1.54, 1.807) is 0 Å². The van der Waals surface area contributed by atoms with E-state index in [9.17, 15) is 0 Å². The maximum atomic E-state index is 4.91. The summed E-state index contributed by atoms with van der Waals surface area (Å²) in [5.41, 5.74) is 6.03. The highest BCUT2D eigenvalue weighted by atomic mass is 32.2. The number of thioether (sulfide) groups is 1. The third-order valence-corrected chi connectivity index (χ3v) is 6.60. The van der Waals surface area contributed by atoms with Gasteiger partial charge in [0.05, 0.1) is 11.4 Å². The lowest BCUT2D eigenvalue weighted by Gasteiger charge is -2.26. The molecule has 2 N–H and O–H groups in total. The third-order valence-electron chi connectivity index (χ3n) is 5.66. The van der Waals surface area contributed by atoms with Gasteiger partial charge in [0.15, 0.2) is 11.3 Å². The Balaban J connectivity index is 1.41. The summed E-state index contributed by atoms with van der Waals surface area (Å²) in [5, 5.41) is 11.2. The van der Waals surface area contributed by atoms with Crippen LogP contribution in [0.3, 0.4) is 0 Å². The van der Waals surface area contributed by atoms with E-state index in [2.05, 4.69) is 63.5 Å². The summed E-state index contributed by atoms with van der Waals surface area (Å²) in [7, 11) is 0. The molecule has 0 amide bonds. The number of hydrogen-bond donors (Lipinski definition) is 2. The van der Waals surface area contributed by atoms with Gasteiger partial charge in [0.2, 0.25) is 5.95 Å². The number of nitrogens with one attached hydrogen (secondary N) is 2. The van der Waals surface area contributed by atoms with Crippen molar-refractivity contribution in [1.29, 1.82) is 0 Å². The lowest BCUT2D eigenvalue weighted by molar-refractivity contribution is 0.808. The molecule has 0 aliphatic carbocycles. The van der Waals surface area contributed by atoms with E-state index in [1.165, 1.54) is 5.56 Å². The average Bonchev–Trinajstić information content (AvgIpc) is 3.28. The van der Waals surface area contributed by atoms with E-state index in [0.29, 0.717) is 12.5 Å². The van der Waals surface area contributed by atoms with Gasteiger partial charge >= 0.3 is 0 Å². The number of rotatable bonds is 6. The fourth-order valence-corrected chi connectivity index (χ4v) is 4.75. The molecule has 0 spiro atoms. The van der Waals surface area contributed by atoms with Crippen LogP contribution in [0.25, 0.3) is 22.3 Å². The number of aromatic amines is 1. The third kappa shape index (κ3) is 4.27. The van der Waals surface area contributed by atoms with Gasteiger partial charge in [0.1, 0.15) is 5.52 Å². The Labute approximate surface area is 192 Å². The Kier molecular flexibility index (Phi) is 5.94. The van der Waals surface area contributed by atoms with Gasteiger partial charge in [0, 0.05) is 42.9 Å². The summed E-state index contributed by atoms with van der Waals surface area (Å²) in [4.78, 5) is 16.5. The monoisotopic (exact) mass is 445 g/mol. The summed E-state index contributed by atoms with van der Waals surface area (Å²) >= 11 is 1.98. The fraction of sp³-hybridized carbons (Fsp3) is 0.333. The van der Waals surface area contributed by atoms with Gasteiger partial charge in [-0.2, -0.15) is 21.8 Å². The minimum absolute atomic E-state index is 0.312. The zero-order chi connectivity index (χ0) is 21.9. The molecule has 4 heterocycles. The molecule has 32 heavy (non-hydrogen) atoms. The van der Waals surface area contributed by atoms with Crippen molar-refractivity contribution in [3.8, 4) is 11.3 Å². The van der Waals surface area contributed by atoms with Crippen molar-refractivity contribution < 1.29 is 0 Å². The van der Waals surface area contributed by atoms with Crippen molar-refractivity contribution in [2.45, 2.75) is 26.3 Å². The molecule has 8 heteroatoms. The number of fused-ring (bicyclic) bond motifs is 1. The van der Waals surface area contributed by atoms with E-state index in [4.69, 9.17) is 9.97 Å². The molecule has 4 aromatic rings. The van der Waals surface area contributed by atoms with E-state index >= 15 is 0 Å². The second-order valence-electron chi connectivity index (χ2n) is 8.23. The first-order valence-electron chi connectivity index (χ1n) is 11.0.